The Bertz CT molecular complexity index is 1090. The van der Waals surface area contributed by atoms with E-state index in [-0.39, 0.29) is 11.3 Å². The molecule has 31 heavy (non-hydrogen) atoms. The molecule has 6 nitrogen and oxygen atoms in total. The first-order valence-electron chi connectivity index (χ1n) is 9.75. The van der Waals surface area contributed by atoms with Crippen LogP contribution in [0.1, 0.15) is 17.7 Å². The minimum absolute atomic E-state index is 0.111. The first-order valence-corrected chi connectivity index (χ1v) is 10.1. The SMILES string of the molecule is C=C(Nc1ccc(Cl)cn1)C1CC1(COc1cnc(F)nc1C)c1ccc(OC)cc1. The molecule has 8 heteroatoms. The second kappa shape index (κ2) is 8.51. The number of anilines is 1. The number of halogens is 2. The molecule has 0 bridgehead atoms. The van der Waals surface area contributed by atoms with Gasteiger partial charge in [-0.05, 0) is 43.2 Å². The van der Waals surface area contributed by atoms with Gasteiger partial charge < -0.3 is 14.8 Å². The Labute approximate surface area is 185 Å². The van der Waals surface area contributed by atoms with Gasteiger partial charge >= 0.3 is 6.08 Å². The molecule has 2 aromatic heterocycles. The van der Waals surface area contributed by atoms with Crippen molar-refractivity contribution in [3.63, 3.8) is 0 Å². The highest BCUT2D eigenvalue weighted by Gasteiger charge is 2.57. The summed E-state index contributed by atoms with van der Waals surface area (Å²) in [6.07, 6.45) is 3.01. The van der Waals surface area contributed by atoms with Gasteiger partial charge in [-0.1, -0.05) is 30.3 Å². The van der Waals surface area contributed by atoms with E-state index in [0.717, 1.165) is 23.4 Å². The Morgan fingerprint density at radius 2 is 2.00 bits per heavy atom. The van der Waals surface area contributed by atoms with Crippen LogP contribution >= 0.6 is 11.6 Å². The highest BCUT2D eigenvalue weighted by molar-refractivity contribution is 6.30. The van der Waals surface area contributed by atoms with E-state index in [1.54, 1.807) is 32.4 Å². The third-order valence-corrected chi connectivity index (χ3v) is 5.79. The lowest BCUT2D eigenvalue weighted by molar-refractivity contribution is 0.266. The summed E-state index contributed by atoms with van der Waals surface area (Å²) in [5, 5.41) is 3.85. The second-order valence-electron chi connectivity index (χ2n) is 7.53. The standard InChI is InChI=1S/C23H22ClFN4O2/c1-14(28-21-9-6-17(24)11-26-21)19-10-23(19,16-4-7-18(30-3)8-5-16)13-31-20-12-27-22(25)29-15(20)2/h4-9,11-12,19H,1,10,13H2,2-3H3,(H,26,28). The molecule has 0 radical (unpaired) electrons. The van der Waals surface area contributed by atoms with E-state index >= 15 is 0 Å². The lowest BCUT2D eigenvalue weighted by atomic mass is 9.93. The summed E-state index contributed by atoms with van der Waals surface area (Å²) in [6, 6.07) is 11.5. The average molecular weight is 441 g/mol. The highest BCUT2D eigenvalue weighted by atomic mass is 35.5. The third kappa shape index (κ3) is 4.46. The van der Waals surface area contributed by atoms with Crippen LogP contribution < -0.4 is 14.8 Å². The van der Waals surface area contributed by atoms with Crippen LogP contribution in [0.15, 0.2) is 61.1 Å². The van der Waals surface area contributed by atoms with Crippen molar-refractivity contribution in [2.45, 2.75) is 18.8 Å². The zero-order chi connectivity index (χ0) is 22.0. The van der Waals surface area contributed by atoms with Crippen molar-refractivity contribution < 1.29 is 13.9 Å². The highest BCUT2D eigenvalue weighted by Crippen LogP contribution is 2.57. The van der Waals surface area contributed by atoms with Crippen LogP contribution in [-0.2, 0) is 5.41 Å². The molecule has 2 unspecified atom stereocenters. The molecule has 2 heterocycles. The van der Waals surface area contributed by atoms with Gasteiger partial charge in [0.2, 0.25) is 0 Å². The van der Waals surface area contributed by atoms with Crippen LogP contribution in [0.5, 0.6) is 11.5 Å². The number of aryl methyl sites for hydroxylation is 1. The van der Waals surface area contributed by atoms with Crippen LogP contribution in [0.3, 0.4) is 0 Å². The topological polar surface area (TPSA) is 69.2 Å². The Hall–Kier alpha value is -3.19. The molecular weight excluding hydrogens is 419 g/mol. The minimum Gasteiger partial charge on any atom is -0.497 e. The molecule has 1 fully saturated rings. The number of hydrogen-bond acceptors (Lipinski definition) is 6. The Kier molecular flexibility index (Phi) is 5.78. The summed E-state index contributed by atoms with van der Waals surface area (Å²) >= 11 is 5.92. The van der Waals surface area contributed by atoms with E-state index in [0.29, 0.717) is 28.9 Å². The molecule has 1 aliphatic carbocycles. The van der Waals surface area contributed by atoms with Crippen molar-refractivity contribution in [3.05, 3.63) is 83.4 Å². The van der Waals surface area contributed by atoms with Gasteiger partial charge in [0, 0.05) is 23.2 Å². The maximum Gasteiger partial charge on any atom is 0.309 e. The first-order chi connectivity index (χ1) is 14.9. The van der Waals surface area contributed by atoms with Crippen molar-refractivity contribution in [1.82, 2.24) is 15.0 Å². The number of benzene rings is 1. The summed E-state index contributed by atoms with van der Waals surface area (Å²) < 4.78 is 24.6. The number of nitrogens with one attached hydrogen (secondary N) is 1. The molecule has 0 spiro atoms. The number of ether oxygens (including phenoxy) is 2. The van der Waals surface area contributed by atoms with Crippen LogP contribution in [-0.4, -0.2) is 28.7 Å². The van der Waals surface area contributed by atoms with Crippen molar-refractivity contribution in [2.24, 2.45) is 5.92 Å². The van der Waals surface area contributed by atoms with Crippen molar-refractivity contribution >= 4 is 17.4 Å². The van der Waals surface area contributed by atoms with Crippen LogP contribution in [0, 0.1) is 18.9 Å². The molecule has 3 aromatic rings. The average Bonchev–Trinajstić information content (AvgIpc) is 3.51. The van der Waals surface area contributed by atoms with E-state index in [4.69, 9.17) is 21.1 Å². The van der Waals surface area contributed by atoms with E-state index < -0.39 is 6.08 Å². The van der Waals surface area contributed by atoms with Gasteiger partial charge in [-0.25, -0.2) is 15.0 Å². The fourth-order valence-corrected chi connectivity index (χ4v) is 3.84. The molecule has 1 aromatic carbocycles. The van der Waals surface area contributed by atoms with Gasteiger partial charge in [-0.3, -0.25) is 0 Å². The van der Waals surface area contributed by atoms with Crippen LogP contribution in [0.2, 0.25) is 5.02 Å². The number of hydrogen-bond donors (Lipinski definition) is 1. The molecule has 0 saturated heterocycles. The Balaban J connectivity index is 1.56. The maximum atomic E-state index is 13.2. The van der Waals surface area contributed by atoms with Gasteiger partial charge in [0.15, 0.2) is 5.75 Å². The summed E-state index contributed by atoms with van der Waals surface area (Å²) in [5.74, 6) is 2.02. The molecule has 0 amide bonds. The summed E-state index contributed by atoms with van der Waals surface area (Å²) in [5.41, 5.74) is 2.09. The van der Waals surface area contributed by atoms with Crippen molar-refractivity contribution in [2.75, 3.05) is 19.0 Å². The molecular formula is C23H22ClFN4O2. The van der Waals surface area contributed by atoms with E-state index in [1.165, 1.54) is 6.20 Å². The predicted molar refractivity (Wildman–Crippen MR) is 117 cm³/mol. The summed E-state index contributed by atoms with van der Waals surface area (Å²) in [6.45, 7) is 6.30. The van der Waals surface area contributed by atoms with Gasteiger partial charge in [-0.2, -0.15) is 4.39 Å². The number of allylic oxidation sites excluding steroid dienone is 1. The zero-order valence-corrected chi connectivity index (χ0v) is 18.0. The van der Waals surface area contributed by atoms with E-state index in [9.17, 15) is 4.39 Å². The number of pyridine rings is 1. The largest absolute Gasteiger partial charge is 0.497 e. The smallest absolute Gasteiger partial charge is 0.309 e. The lowest BCUT2D eigenvalue weighted by Gasteiger charge is -2.21. The van der Waals surface area contributed by atoms with Crippen molar-refractivity contribution in [3.8, 4) is 11.5 Å². The molecule has 1 aliphatic rings. The van der Waals surface area contributed by atoms with E-state index in [2.05, 4.69) is 26.8 Å². The number of methoxy groups -OCH3 is 1. The Morgan fingerprint density at radius 1 is 1.23 bits per heavy atom. The fourth-order valence-electron chi connectivity index (χ4n) is 3.72. The van der Waals surface area contributed by atoms with Crippen molar-refractivity contribution in [1.29, 1.82) is 0 Å². The Morgan fingerprint density at radius 3 is 2.65 bits per heavy atom. The van der Waals surface area contributed by atoms with Gasteiger partial charge in [0.25, 0.3) is 0 Å². The normalized spacial score (nSPS) is 19.5. The summed E-state index contributed by atoms with van der Waals surface area (Å²) in [7, 11) is 1.63. The summed E-state index contributed by atoms with van der Waals surface area (Å²) in [4.78, 5) is 11.6. The molecule has 1 saturated carbocycles. The minimum atomic E-state index is -0.771. The molecule has 1 N–H and O–H groups in total. The van der Waals surface area contributed by atoms with Gasteiger partial charge in [0.05, 0.1) is 30.6 Å². The number of aromatic nitrogens is 3. The molecule has 2 atom stereocenters. The fraction of sp³-hybridized carbons (Fsp3) is 0.261. The predicted octanol–water partition coefficient (Wildman–Crippen LogP) is 4.94. The number of nitrogens with zero attached hydrogens (tertiary/aromatic N) is 3. The zero-order valence-electron chi connectivity index (χ0n) is 17.2. The third-order valence-electron chi connectivity index (χ3n) is 5.57. The molecule has 4 rings (SSSR count). The quantitative estimate of drug-likeness (QED) is 0.500. The van der Waals surface area contributed by atoms with Crippen LogP contribution in [0.4, 0.5) is 10.2 Å². The number of rotatable bonds is 8. The van der Waals surface area contributed by atoms with Gasteiger partial charge in [0.1, 0.15) is 11.6 Å². The molecule has 0 aliphatic heterocycles. The maximum absolute atomic E-state index is 13.2. The van der Waals surface area contributed by atoms with Crippen LogP contribution in [0.25, 0.3) is 0 Å². The second-order valence-corrected chi connectivity index (χ2v) is 7.97. The molecule has 160 valence electrons. The first kappa shape index (κ1) is 21.1. The monoisotopic (exact) mass is 440 g/mol. The lowest BCUT2D eigenvalue weighted by Crippen LogP contribution is -2.23. The van der Waals surface area contributed by atoms with Gasteiger partial charge in [-0.15, -0.1) is 0 Å². The van der Waals surface area contributed by atoms with E-state index in [1.807, 2.05) is 24.3 Å².